The molecule has 81 heavy (non-hydrogen) atoms. The molecule has 6 nitrogen and oxygen atoms in total. The summed E-state index contributed by atoms with van der Waals surface area (Å²) in [6.07, 6.45) is 98.2. The fourth-order valence-electron chi connectivity index (χ4n) is 8.63. The number of unbranched alkanes of at least 4 members (excludes halogenated alkanes) is 21. The summed E-state index contributed by atoms with van der Waals surface area (Å²) in [5.41, 5.74) is 0. The molecule has 0 aromatic heterocycles. The molecule has 0 saturated carbocycles. The molecule has 0 heterocycles. The largest absolute Gasteiger partial charge is 0.462 e. The molecule has 0 aliphatic rings. The maximum Gasteiger partial charge on any atom is 0.306 e. The molecule has 1 unspecified atom stereocenters. The Morgan fingerprint density at radius 3 is 0.827 bits per heavy atom. The first-order valence-corrected chi connectivity index (χ1v) is 33.0. The highest BCUT2D eigenvalue weighted by Gasteiger charge is 2.19. The Kier molecular flexibility index (Phi) is 63.4. The summed E-state index contributed by atoms with van der Waals surface area (Å²) in [7, 11) is 0. The molecule has 0 amide bonds. The number of ether oxygens (including phenoxy) is 3. The van der Waals surface area contributed by atoms with E-state index in [9.17, 15) is 14.4 Å². The molecule has 0 fully saturated rings. The maximum absolute atomic E-state index is 12.9. The van der Waals surface area contributed by atoms with Crippen molar-refractivity contribution < 1.29 is 28.6 Å². The van der Waals surface area contributed by atoms with E-state index in [2.05, 4.69) is 179 Å². The molecular weight excluding hydrogens is 997 g/mol. The zero-order valence-corrected chi connectivity index (χ0v) is 52.2. The molecule has 0 aromatic rings. The molecule has 0 spiro atoms. The van der Waals surface area contributed by atoms with Gasteiger partial charge in [-0.1, -0.05) is 275 Å². The molecule has 456 valence electrons. The second-order valence-corrected chi connectivity index (χ2v) is 21.3. The predicted molar refractivity (Wildman–Crippen MR) is 352 cm³/mol. The minimum Gasteiger partial charge on any atom is -0.462 e. The van der Waals surface area contributed by atoms with E-state index in [0.717, 1.165) is 128 Å². The van der Waals surface area contributed by atoms with Crippen LogP contribution in [-0.4, -0.2) is 37.2 Å². The summed E-state index contributed by atoms with van der Waals surface area (Å²) >= 11 is 0. The standard InChI is InChI=1S/C75H120O6/c1-4-7-10-13-16-19-22-25-28-31-34-36-37-39-41-44-47-50-53-56-59-62-65-68-74(77)80-71-72(70-79-73(76)67-64-61-58-55-52-49-46-43-40-33-30-27-24-21-18-15-12-9-6-3)81-75(78)69-66-63-60-57-54-51-48-45-42-38-35-32-29-26-23-20-17-14-11-8-5-2/h7,9-10,12,16,18-19,21,25,27-28,30,32,34-36,39-41,43,47,49-50,52,56,59,72H,4-6,8,11,13-15,17,20,22-24,26,29,31,33,37-38,42,44-46,48,51,53-55,57-58,60-71H2,1-3H3/b10-7-,12-9-,19-16-,21-18-,28-25-,30-27-,35-32-,36-34-,41-39-,43-40-,50-47-,52-49-,59-56-. The van der Waals surface area contributed by atoms with Crippen molar-refractivity contribution in [3.8, 4) is 0 Å². The highest BCUT2D eigenvalue weighted by atomic mass is 16.6. The monoisotopic (exact) mass is 1120 g/mol. The molecule has 0 radical (unpaired) electrons. The van der Waals surface area contributed by atoms with Crippen molar-refractivity contribution in [3.05, 3.63) is 158 Å². The average Bonchev–Trinajstić information content (AvgIpc) is 3.47. The van der Waals surface area contributed by atoms with E-state index in [1.54, 1.807) is 0 Å². The second-order valence-electron chi connectivity index (χ2n) is 21.3. The minimum atomic E-state index is -0.826. The van der Waals surface area contributed by atoms with Gasteiger partial charge >= 0.3 is 17.9 Å². The van der Waals surface area contributed by atoms with E-state index >= 15 is 0 Å². The van der Waals surface area contributed by atoms with E-state index in [1.807, 2.05) is 0 Å². The van der Waals surface area contributed by atoms with Crippen molar-refractivity contribution in [2.75, 3.05) is 13.2 Å². The summed E-state index contributed by atoms with van der Waals surface area (Å²) < 4.78 is 16.9. The van der Waals surface area contributed by atoms with Crippen molar-refractivity contribution in [3.63, 3.8) is 0 Å². The topological polar surface area (TPSA) is 78.9 Å². The molecule has 0 aliphatic heterocycles. The smallest absolute Gasteiger partial charge is 0.306 e. The van der Waals surface area contributed by atoms with Gasteiger partial charge in [-0.2, -0.15) is 0 Å². The van der Waals surface area contributed by atoms with Crippen LogP contribution < -0.4 is 0 Å². The number of allylic oxidation sites excluding steroid dienone is 26. The van der Waals surface area contributed by atoms with Gasteiger partial charge in [-0.15, -0.1) is 0 Å². The predicted octanol–water partition coefficient (Wildman–Crippen LogP) is 22.9. The summed E-state index contributed by atoms with van der Waals surface area (Å²) in [5.74, 6) is -1.01. The zero-order chi connectivity index (χ0) is 58.5. The first kappa shape index (κ1) is 76.0. The molecule has 1 atom stereocenters. The Morgan fingerprint density at radius 1 is 0.259 bits per heavy atom. The molecule has 0 rings (SSSR count). The van der Waals surface area contributed by atoms with Gasteiger partial charge in [0.05, 0.1) is 0 Å². The number of esters is 3. The van der Waals surface area contributed by atoms with Gasteiger partial charge in [0.15, 0.2) is 6.10 Å². The van der Waals surface area contributed by atoms with Gasteiger partial charge in [0.1, 0.15) is 13.2 Å². The van der Waals surface area contributed by atoms with Crippen molar-refractivity contribution in [2.45, 2.75) is 284 Å². The van der Waals surface area contributed by atoms with Crippen LogP contribution in [0.5, 0.6) is 0 Å². The van der Waals surface area contributed by atoms with Crippen LogP contribution in [0.3, 0.4) is 0 Å². The first-order valence-electron chi connectivity index (χ1n) is 33.0. The molecular formula is C75H120O6. The summed E-state index contributed by atoms with van der Waals surface area (Å²) in [6.45, 7) is 6.34. The van der Waals surface area contributed by atoms with Gasteiger partial charge < -0.3 is 14.2 Å². The van der Waals surface area contributed by atoms with E-state index in [0.29, 0.717) is 19.3 Å². The molecule has 0 N–H and O–H groups in total. The van der Waals surface area contributed by atoms with Crippen LogP contribution >= 0.6 is 0 Å². The molecule has 6 heteroatoms. The molecule has 0 bridgehead atoms. The van der Waals surface area contributed by atoms with Crippen LogP contribution in [-0.2, 0) is 28.6 Å². The highest BCUT2D eigenvalue weighted by Crippen LogP contribution is 2.15. The minimum absolute atomic E-state index is 0.120. The maximum atomic E-state index is 12.9. The van der Waals surface area contributed by atoms with Gasteiger partial charge in [-0.25, -0.2) is 0 Å². The first-order chi connectivity index (χ1) is 40.0. The Bertz CT molecular complexity index is 1810. The summed E-state index contributed by atoms with van der Waals surface area (Å²) in [6, 6.07) is 0. The highest BCUT2D eigenvalue weighted by molar-refractivity contribution is 5.71. The lowest BCUT2D eigenvalue weighted by atomic mass is 10.1. The van der Waals surface area contributed by atoms with Crippen molar-refractivity contribution >= 4 is 17.9 Å². The average molecular weight is 1120 g/mol. The van der Waals surface area contributed by atoms with Crippen LogP contribution in [0.15, 0.2) is 158 Å². The lowest BCUT2D eigenvalue weighted by Crippen LogP contribution is -2.30. The van der Waals surface area contributed by atoms with Gasteiger partial charge in [-0.3, -0.25) is 14.4 Å². The van der Waals surface area contributed by atoms with E-state index < -0.39 is 6.10 Å². The molecule has 0 aromatic carbocycles. The number of rotatable bonds is 58. The fourth-order valence-corrected chi connectivity index (χ4v) is 8.63. The Labute approximate surface area is 499 Å². The lowest BCUT2D eigenvalue weighted by molar-refractivity contribution is -0.167. The summed E-state index contributed by atoms with van der Waals surface area (Å²) in [4.78, 5) is 38.4. The van der Waals surface area contributed by atoms with Crippen LogP contribution in [0.1, 0.15) is 278 Å². The number of hydrogen-bond donors (Lipinski definition) is 0. The summed E-state index contributed by atoms with van der Waals surface area (Å²) in [5, 5.41) is 0. The Morgan fingerprint density at radius 2 is 0.494 bits per heavy atom. The van der Waals surface area contributed by atoms with E-state index in [-0.39, 0.29) is 37.5 Å². The molecule has 0 saturated heterocycles. The number of carbonyl (C=O) groups is 3. The quantitative estimate of drug-likeness (QED) is 0.0261. The van der Waals surface area contributed by atoms with Crippen LogP contribution in [0.4, 0.5) is 0 Å². The third-order valence-corrected chi connectivity index (χ3v) is 13.5. The van der Waals surface area contributed by atoms with Gasteiger partial charge in [0.2, 0.25) is 0 Å². The third-order valence-electron chi connectivity index (χ3n) is 13.5. The van der Waals surface area contributed by atoms with Gasteiger partial charge in [0, 0.05) is 19.3 Å². The van der Waals surface area contributed by atoms with Crippen LogP contribution in [0.25, 0.3) is 0 Å². The van der Waals surface area contributed by atoms with E-state index in [1.165, 1.54) is 103 Å². The van der Waals surface area contributed by atoms with E-state index in [4.69, 9.17) is 14.2 Å². The van der Waals surface area contributed by atoms with Gasteiger partial charge in [-0.05, 0) is 141 Å². The number of hydrogen-bond acceptors (Lipinski definition) is 6. The zero-order valence-electron chi connectivity index (χ0n) is 52.2. The fraction of sp³-hybridized carbons (Fsp3) is 0.613. The van der Waals surface area contributed by atoms with Crippen LogP contribution in [0, 0.1) is 0 Å². The third kappa shape index (κ3) is 65.7. The van der Waals surface area contributed by atoms with Gasteiger partial charge in [0.25, 0.3) is 0 Å². The number of carbonyl (C=O) groups excluding carboxylic acids is 3. The van der Waals surface area contributed by atoms with Crippen molar-refractivity contribution in [1.29, 1.82) is 0 Å². The van der Waals surface area contributed by atoms with Crippen molar-refractivity contribution in [1.82, 2.24) is 0 Å². The lowest BCUT2D eigenvalue weighted by Gasteiger charge is -2.18. The Hall–Kier alpha value is -4.97. The normalized spacial score (nSPS) is 13.2. The van der Waals surface area contributed by atoms with Crippen molar-refractivity contribution in [2.24, 2.45) is 0 Å². The van der Waals surface area contributed by atoms with Crippen LogP contribution in [0.2, 0.25) is 0 Å². The SMILES string of the molecule is CC/C=C\C/C=C\C/C=C\C/C=C\C/C=C\C/C=C\C/C=C\CCCC(=O)OCC(COC(=O)CCCCC/C=C\C/C=C\C/C=C\C/C=C\C/C=C\CC)OC(=O)CCCCCCCCCCC/C=C\CCCCCCCCCC. The Balaban J connectivity index is 4.56. The molecule has 0 aliphatic carbocycles. The second kappa shape index (κ2) is 67.5.